The minimum absolute atomic E-state index is 0.0307. The van der Waals surface area contributed by atoms with Gasteiger partial charge in [-0.2, -0.15) is 0 Å². The van der Waals surface area contributed by atoms with Crippen LogP contribution in [-0.2, 0) is 4.79 Å². The zero-order chi connectivity index (χ0) is 12.4. The van der Waals surface area contributed by atoms with E-state index >= 15 is 0 Å². The summed E-state index contributed by atoms with van der Waals surface area (Å²) in [6.07, 6.45) is 1.38. The Morgan fingerprint density at radius 2 is 2.24 bits per heavy atom. The Morgan fingerprint density at radius 3 is 2.82 bits per heavy atom. The maximum absolute atomic E-state index is 11.6. The van der Waals surface area contributed by atoms with Gasteiger partial charge in [-0.3, -0.25) is 9.59 Å². The molecule has 17 heavy (non-hydrogen) atoms. The van der Waals surface area contributed by atoms with E-state index < -0.39 is 6.10 Å². The van der Waals surface area contributed by atoms with Crippen LogP contribution in [0.3, 0.4) is 0 Å². The summed E-state index contributed by atoms with van der Waals surface area (Å²) in [5.74, 6) is -0.195. The van der Waals surface area contributed by atoms with Crippen molar-refractivity contribution in [2.24, 2.45) is 5.92 Å². The van der Waals surface area contributed by atoms with Gasteiger partial charge in [0.05, 0.1) is 6.10 Å². The van der Waals surface area contributed by atoms with Crippen molar-refractivity contribution in [2.45, 2.75) is 32.3 Å². The summed E-state index contributed by atoms with van der Waals surface area (Å²) >= 11 is 0. The maximum atomic E-state index is 11.6. The van der Waals surface area contributed by atoms with Gasteiger partial charge in [0.2, 0.25) is 0 Å². The number of ketones is 2. The molecule has 90 valence electrons. The first-order valence-electron chi connectivity index (χ1n) is 5.91. The fourth-order valence-corrected chi connectivity index (χ4v) is 2.35. The largest absolute Gasteiger partial charge is 0.388 e. The summed E-state index contributed by atoms with van der Waals surface area (Å²) in [7, 11) is 0. The number of hydrogen-bond donors (Lipinski definition) is 1. The van der Waals surface area contributed by atoms with E-state index in [1.807, 2.05) is 0 Å². The Morgan fingerprint density at radius 1 is 1.47 bits per heavy atom. The number of benzene rings is 1. The molecule has 1 aliphatic rings. The fourth-order valence-electron chi connectivity index (χ4n) is 2.35. The highest BCUT2D eigenvalue weighted by Gasteiger charge is 2.31. The lowest BCUT2D eigenvalue weighted by Crippen LogP contribution is -2.17. The van der Waals surface area contributed by atoms with Gasteiger partial charge in [-0.05, 0) is 31.4 Å². The summed E-state index contributed by atoms with van der Waals surface area (Å²) in [6.45, 7) is 1.49. The molecule has 1 aromatic rings. The van der Waals surface area contributed by atoms with Crippen LogP contribution in [0, 0.1) is 5.92 Å². The lowest BCUT2D eigenvalue weighted by atomic mass is 9.92. The summed E-state index contributed by atoms with van der Waals surface area (Å²) in [4.78, 5) is 22.8. The summed E-state index contributed by atoms with van der Waals surface area (Å²) < 4.78 is 0. The SMILES string of the molecule is CC(=O)c1cccc([C@H](O)[C@@H]2CCCC2=O)c1. The van der Waals surface area contributed by atoms with Crippen molar-refractivity contribution in [1.29, 1.82) is 0 Å². The lowest BCUT2D eigenvalue weighted by molar-refractivity contribution is -0.123. The first-order chi connectivity index (χ1) is 8.09. The van der Waals surface area contributed by atoms with Gasteiger partial charge in [-0.25, -0.2) is 0 Å². The van der Waals surface area contributed by atoms with Crippen molar-refractivity contribution < 1.29 is 14.7 Å². The summed E-state index contributed by atoms with van der Waals surface area (Å²) in [6, 6.07) is 6.91. The molecular weight excluding hydrogens is 216 g/mol. The predicted octanol–water partition coefficient (Wildman–Crippen LogP) is 2.29. The molecule has 0 spiro atoms. The van der Waals surface area contributed by atoms with Gasteiger partial charge < -0.3 is 5.11 Å². The van der Waals surface area contributed by atoms with E-state index in [1.54, 1.807) is 24.3 Å². The molecule has 1 aliphatic carbocycles. The van der Waals surface area contributed by atoms with Crippen LogP contribution >= 0.6 is 0 Å². The summed E-state index contributed by atoms with van der Waals surface area (Å²) in [5.41, 5.74) is 1.24. The maximum Gasteiger partial charge on any atom is 0.159 e. The van der Waals surface area contributed by atoms with Gasteiger partial charge in [-0.15, -0.1) is 0 Å². The number of carbonyl (C=O) groups excluding carboxylic acids is 2. The van der Waals surface area contributed by atoms with Crippen molar-refractivity contribution in [2.75, 3.05) is 0 Å². The van der Waals surface area contributed by atoms with Crippen LogP contribution in [0.2, 0.25) is 0 Å². The van der Waals surface area contributed by atoms with Crippen LogP contribution < -0.4 is 0 Å². The third-order valence-corrected chi connectivity index (χ3v) is 3.37. The molecule has 0 aliphatic heterocycles. The Balaban J connectivity index is 2.24. The molecular formula is C14H16O3. The van der Waals surface area contributed by atoms with Crippen molar-refractivity contribution in [3.05, 3.63) is 35.4 Å². The van der Waals surface area contributed by atoms with Crippen LogP contribution in [0.5, 0.6) is 0 Å². The first kappa shape index (κ1) is 12.0. The van der Waals surface area contributed by atoms with Crippen LogP contribution in [0.4, 0.5) is 0 Å². The van der Waals surface area contributed by atoms with Gasteiger partial charge in [0, 0.05) is 17.9 Å². The van der Waals surface area contributed by atoms with Crippen molar-refractivity contribution in [3.8, 4) is 0 Å². The van der Waals surface area contributed by atoms with Crippen molar-refractivity contribution in [1.82, 2.24) is 0 Å². The quantitative estimate of drug-likeness (QED) is 0.813. The molecule has 1 aromatic carbocycles. The standard InChI is InChI=1S/C14H16O3/c1-9(15)10-4-2-5-11(8-10)14(17)12-6-3-7-13(12)16/h2,4-5,8,12,14,17H,3,6-7H2,1H3/t12-,14+/m1/s1. The average molecular weight is 232 g/mol. The molecule has 1 fully saturated rings. The minimum Gasteiger partial charge on any atom is -0.388 e. The molecule has 0 saturated heterocycles. The Bertz CT molecular complexity index is 451. The van der Waals surface area contributed by atoms with E-state index in [9.17, 15) is 14.7 Å². The molecule has 2 atom stereocenters. The fraction of sp³-hybridized carbons (Fsp3) is 0.429. The minimum atomic E-state index is -0.774. The number of Topliss-reactive ketones (excluding diaryl/α,β-unsaturated/α-hetero) is 2. The molecule has 1 N–H and O–H groups in total. The van der Waals surface area contributed by atoms with E-state index in [1.165, 1.54) is 6.92 Å². The zero-order valence-corrected chi connectivity index (χ0v) is 9.85. The molecule has 3 heteroatoms. The highest BCUT2D eigenvalue weighted by Crippen LogP contribution is 2.33. The number of aliphatic hydroxyl groups is 1. The molecule has 0 aromatic heterocycles. The number of rotatable bonds is 3. The second-order valence-electron chi connectivity index (χ2n) is 4.59. The van der Waals surface area contributed by atoms with E-state index in [0.717, 1.165) is 12.8 Å². The zero-order valence-electron chi connectivity index (χ0n) is 9.85. The topological polar surface area (TPSA) is 54.4 Å². The number of aliphatic hydroxyl groups excluding tert-OH is 1. The van der Waals surface area contributed by atoms with E-state index in [4.69, 9.17) is 0 Å². The average Bonchev–Trinajstić information content (AvgIpc) is 2.74. The molecule has 2 rings (SSSR count). The van der Waals surface area contributed by atoms with E-state index in [2.05, 4.69) is 0 Å². The Labute approximate surface area is 100 Å². The van der Waals surface area contributed by atoms with Crippen molar-refractivity contribution in [3.63, 3.8) is 0 Å². The summed E-state index contributed by atoms with van der Waals surface area (Å²) in [5, 5.41) is 10.2. The number of carbonyl (C=O) groups is 2. The highest BCUT2D eigenvalue weighted by atomic mass is 16.3. The van der Waals surface area contributed by atoms with E-state index in [0.29, 0.717) is 17.5 Å². The smallest absolute Gasteiger partial charge is 0.159 e. The second kappa shape index (κ2) is 4.80. The highest BCUT2D eigenvalue weighted by molar-refractivity contribution is 5.94. The monoisotopic (exact) mass is 232 g/mol. The second-order valence-corrected chi connectivity index (χ2v) is 4.59. The molecule has 0 bridgehead atoms. The first-order valence-corrected chi connectivity index (χ1v) is 5.91. The van der Waals surface area contributed by atoms with Gasteiger partial charge in [0.15, 0.2) is 5.78 Å². The van der Waals surface area contributed by atoms with Gasteiger partial charge in [-0.1, -0.05) is 18.2 Å². The van der Waals surface area contributed by atoms with Crippen LogP contribution in [0.15, 0.2) is 24.3 Å². The van der Waals surface area contributed by atoms with Gasteiger partial charge >= 0.3 is 0 Å². The Hall–Kier alpha value is -1.48. The van der Waals surface area contributed by atoms with Crippen LogP contribution in [0.25, 0.3) is 0 Å². The lowest BCUT2D eigenvalue weighted by Gasteiger charge is -2.17. The van der Waals surface area contributed by atoms with Crippen LogP contribution in [0.1, 0.15) is 48.2 Å². The Kier molecular flexibility index (Phi) is 3.38. The predicted molar refractivity (Wildman–Crippen MR) is 63.8 cm³/mol. The normalized spacial score (nSPS) is 21.5. The molecule has 0 unspecified atom stereocenters. The van der Waals surface area contributed by atoms with Crippen molar-refractivity contribution >= 4 is 11.6 Å². The molecule has 1 saturated carbocycles. The van der Waals surface area contributed by atoms with Gasteiger partial charge in [0.25, 0.3) is 0 Å². The molecule has 0 amide bonds. The van der Waals surface area contributed by atoms with Gasteiger partial charge in [0.1, 0.15) is 5.78 Å². The van der Waals surface area contributed by atoms with E-state index in [-0.39, 0.29) is 17.5 Å². The van der Waals surface area contributed by atoms with Crippen LogP contribution in [-0.4, -0.2) is 16.7 Å². The molecule has 3 nitrogen and oxygen atoms in total. The third-order valence-electron chi connectivity index (χ3n) is 3.37. The molecule has 0 radical (unpaired) electrons. The molecule has 0 heterocycles. The number of hydrogen-bond acceptors (Lipinski definition) is 3. The third kappa shape index (κ3) is 2.44.